The molecule has 0 atom stereocenters. The molecule has 0 saturated heterocycles. The molecule has 6 heteroatoms. The molecule has 1 rings (SSSR count). The lowest BCUT2D eigenvalue weighted by Gasteiger charge is -1.92. The Bertz CT molecular complexity index is 262. The maximum absolute atomic E-state index is 11.9. The van der Waals surface area contributed by atoms with Gasteiger partial charge in [0, 0.05) is 11.6 Å². The molecule has 0 spiro atoms. The molecule has 0 aliphatic heterocycles. The highest BCUT2D eigenvalue weighted by atomic mass is 35.5. The molecule has 0 aliphatic carbocycles. The summed E-state index contributed by atoms with van der Waals surface area (Å²) in [7, 11) is 0. The van der Waals surface area contributed by atoms with E-state index in [0.29, 0.717) is 0 Å². The Morgan fingerprint density at radius 3 is 3.18 bits per heavy atom. The average molecular weight is 180 g/mol. The first-order chi connectivity index (χ1) is 5.24. The highest BCUT2D eigenvalue weighted by Gasteiger charge is 2.10. The molecule has 0 unspecified atom stereocenters. The molecule has 60 valence electrons. The van der Waals surface area contributed by atoms with E-state index >= 15 is 0 Å². The molecule has 0 saturated carbocycles. The van der Waals surface area contributed by atoms with Crippen molar-refractivity contribution in [3.63, 3.8) is 0 Å². The number of ether oxygens (including phenoxy) is 1. The third kappa shape index (κ3) is 1.91. The Kier molecular flexibility index (Phi) is 2.43. The maximum atomic E-state index is 11.9. The zero-order chi connectivity index (χ0) is 8.27. The van der Waals surface area contributed by atoms with Crippen molar-refractivity contribution >= 4 is 17.0 Å². The zero-order valence-corrected chi connectivity index (χ0v) is 5.97. The van der Waals surface area contributed by atoms with E-state index in [-0.39, 0.29) is 11.4 Å². The van der Waals surface area contributed by atoms with Gasteiger partial charge in [0.2, 0.25) is 0 Å². The van der Waals surface area contributed by atoms with Crippen molar-refractivity contribution in [2.75, 3.05) is 0 Å². The molecule has 0 bridgehead atoms. The highest BCUT2D eigenvalue weighted by Crippen LogP contribution is 2.18. The number of rotatable bonds is 2. The first-order valence-corrected chi connectivity index (χ1v) is 2.98. The summed E-state index contributed by atoms with van der Waals surface area (Å²) in [5.41, 5.74) is -1.14. The Morgan fingerprint density at radius 2 is 2.64 bits per heavy atom. The van der Waals surface area contributed by atoms with Gasteiger partial charge in [0.1, 0.15) is 6.67 Å². The highest BCUT2D eigenvalue weighted by molar-refractivity contribution is 6.61. The van der Waals surface area contributed by atoms with Crippen LogP contribution in [0.1, 0.15) is 5.69 Å². The molecule has 0 aliphatic rings. The van der Waals surface area contributed by atoms with E-state index in [1.54, 1.807) is 0 Å². The van der Waals surface area contributed by atoms with E-state index in [4.69, 9.17) is 11.6 Å². The van der Waals surface area contributed by atoms with Crippen molar-refractivity contribution in [1.29, 1.82) is 0 Å². The summed E-state index contributed by atoms with van der Waals surface area (Å²) in [6, 6.07) is 0. The minimum Gasteiger partial charge on any atom is -0.409 e. The number of aromatic nitrogens is 1. The van der Waals surface area contributed by atoms with Gasteiger partial charge in [-0.3, -0.25) is 0 Å². The quantitative estimate of drug-likeness (QED) is 0.651. The van der Waals surface area contributed by atoms with Crippen LogP contribution in [0.5, 0.6) is 5.75 Å². The molecule has 0 aromatic carbocycles. The second kappa shape index (κ2) is 3.34. The van der Waals surface area contributed by atoms with E-state index < -0.39 is 12.1 Å². The van der Waals surface area contributed by atoms with Crippen LogP contribution < -0.4 is 4.74 Å². The van der Waals surface area contributed by atoms with Crippen LogP contribution in [0.15, 0.2) is 10.8 Å². The third-order valence-corrected chi connectivity index (χ3v) is 1.00. The minimum atomic E-state index is -1.05. The van der Waals surface area contributed by atoms with Gasteiger partial charge in [0.25, 0.3) is 0 Å². The molecular weight excluding hydrogens is 177 g/mol. The van der Waals surface area contributed by atoms with Crippen LogP contribution in [0, 0.1) is 0 Å². The van der Waals surface area contributed by atoms with Gasteiger partial charge in [0.15, 0.2) is 17.7 Å². The molecule has 4 nitrogen and oxygen atoms in total. The summed E-state index contributed by atoms with van der Waals surface area (Å²) >= 11 is 4.85. The molecule has 0 radical (unpaired) electrons. The van der Waals surface area contributed by atoms with Crippen molar-refractivity contribution in [1.82, 2.24) is 5.16 Å². The number of alkyl halides is 1. The van der Waals surface area contributed by atoms with E-state index in [1.807, 2.05) is 0 Å². The third-order valence-electron chi connectivity index (χ3n) is 0.924. The van der Waals surface area contributed by atoms with Crippen LogP contribution in [-0.2, 0) is 6.67 Å². The average Bonchev–Trinajstić information content (AvgIpc) is 2.34. The van der Waals surface area contributed by atoms with Crippen molar-refractivity contribution < 1.29 is 18.4 Å². The number of hydrogen-bond donors (Lipinski definition) is 0. The molecule has 0 N–H and O–H groups in total. The van der Waals surface area contributed by atoms with Crippen molar-refractivity contribution in [3.05, 3.63) is 12.0 Å². The van der Waals surface area contributed by atoms with Gasteiger partial charge >= 0.3 is 5.43 Å². The van der Waals surface area contributed by atoms with E-state index in [1.165, 1.54) is 0 Å². The maximum Gasteiger partial charge on any atom is 0.409 e. The van der Waals surface area contributed by atoms with Crippen LogP contribution in [0.3, 0.4) is 0 Å². The number of carbonyl (C=O) groups is 1. The van der Waals surface area contributed by atoms with Crippen molar-refractivity contribution in [2.45, 2.75) is 6.67 Å². The Labute approximate surface area is 65.9 Å². The molecule has 0 amide bonds. The molecule has 11 heavy (non-hydrogen) atoms. The molecule has 1 aromatic rings. The first-order valence-electron chi connectivity index (χ1n) is 2.60. The first kappa shape index (κ1) is 8.00. The second-order valence-electron chi connectivity index (χ2n) is 1.60. The summed E-state index contributed by atoms with van der Waals surface area (Å²) < 4.78 is 20.5. The number of nitrogens with zero attached hydrogens (tertiary/aromatic N) is 1. The smallest absolute Gasteiger partial charge is 0.409 e. The predicted octanol–water partition coefficient (Wildman–Crippen LogP) is 1.88. The Balaban J connectivity index is 2.76. The lowest BCUT2D eigenvalue weighted by molar-refractivity contribution is 0.224. The number of hydrogen-bond acceptors (Lipinski definition) is 4. The van der Waals surface area contributed by atoms with E-state index in [9.17, 15) is 9.18 Å². The van der Waals surface area contributed by atoms with E-state index in [0.717, 1.165) is 6.26 Å². The van der Waals surface area contributed by atoms with Gasteiger partial charge in [-0.2, -0.15) is 0 Å². The largest absolute Gasteiger partial charge is 0.409 e. The van der Waals surface area contributed by atoms with Gasteiger partial charge in [0.05, 0.1) is 0 Å². The predicted molar refractivity (Wildman–Crippen MR) is 33.2 cm³/mol. The SMILES string of the molecule is O=C(Cl)Oc1conc1CF. The molecular formula is C5H3ClFNO3. The minimum absolute atomic E-state index is 0.0843. The fraction of sp³-hybridized carbons (Fsp3) is 0.200. The summed E-state index contributed by atoms with van der Waals surface area (Å²) in [6.07, 6.45) is 0.995. The van der Waals surface area contributed by atoms with Crippen LogP contribution in [0.4, 0.5) is 9.18 Å². The summed E-state index contributed by atoms with van der Waals surface area (Å²) in [5.74, 6) is -0.0903. The van der Waals surface area contributed by atoms with Crippen LogP contribution in [0.25, 0.3) is 0 Å². The lowest BCUT2D eigenvalue weighted by atomic mass is 10.4. The Morgan fingerprint density at radius 1 is 1.91 bits per heavy atom. The van der Waals surface area contributed by atoms with Crippen LogP contribution >= 0.6 is 11.6 Å². The summed E-state index contributed by atoms with van der Waals surface area (Å²) in [5, 5.41) is 3.20. The van der Waals surface area contributed by atoms with Gasteiger partial charge in [-0.05, 0) is 0 Å². The normalized spacial score (nSPS) is 9.64. The summed E-state index contributed by atoms with van der Waals surface area (Å²) in [4.78, 5) is 10.1. The van der Waals surface area contributed by atoms with Crippen LogP contribution in [0.2, 0.25) is 0 Å². The van der Waals surface area contributed by atoms with Gasteiger partial charge in [-0.1, -0.05) is 5.16 Å². The van der Waals surface area contributed by atoms with Crippen LogP contribution in [-0.4, -0.2) is 10.6 Å². The van der Waals surface area contributed by atoms with E-state index in [2.05, 4.69) is 14.4 Å². The standard InChI is InChI=1S/C5H3ClFNO3/c6-5(9)11-4-2-10-8-3(4)1-7/h2H,1H2. The van der Waals surface area contributed by atoms with Gasteiger partial charge in [-0.25, -0.2) is 9.18 Å². The summed E-state index contributed by atoms with van der Waals surface area (Å²) in [6.45, 7) is -0.865. The molecule has 0 fully saturated rings. The lowest BCUT2D eigenvalue weighted by Crippen LogP contribution is -1.97. The monoisotopic (exact) mass is 179 g/mol. The fourth-order valence-electron chi connectivity index (χ4n) is 0.511. The van der Waals surface area contributed by atoms with Crippen molar-refractivity contribution in [2.24, 2.45) is 0 Å². The van der Waals surface area contributed by atoms with Crippen molar-refractivity contribution in [3.8, 4) is 5.75 Å². The molecule has 1 aromatic heterocycles. The Hall–Kier alpha value is -1.10. The number of halogens is 2. The van der Waals surface area contributed by atoms with Gasteiger partial charge in [-0.15, -0.1) is 0 Å². The second-order valence-corrected chi connectivity index (χ2v) is 1.91. The van der Waals surface area contributed by atoms with Gasteiger partial charge < -0.3 is 9.26 Å². The fourth-order valence-corrected chi connectivity index (χ4v) is 0.594. The molecule has 1 heterocycles. The topological polar surface area (TPSA) is 52.3 Å². The zero-order valence-electron chi connectivity index (χ0n) is 5.21. The number of carbonyl (C=O) groups excluding carboxylic acids is 1.